The summed E-state index contributed by atoms with van der Waals surface area (Å²) in [6.07, 6.45) is 2.38. The van der Waals surface area contributed by atoms with Crippen molar-refractivity contribution in [2.45, 2.75) is 18.9 Å². The van der Waals surface area contributed by atoms with Gasteiger partial charge in [0.2, 0.25) is 0 Å². The Morgan fingerprint density at radius 2 is 2.13 bits per heavy atom. The third-order valence-electron chi connectivity index (χ3n) is 2.67. The molecule has 15 heavy (non-hydrogen) atoms. The second-order valence-corrected chi connectivity index (χ2v) is 3.92. The van der Waals surface area contributed by atoms with E-state index in [1.54, 1.807) is 0 Å². The molecule has 0 radical (unpaired) electrons. The summed E-state index contributed by atoms with van der Waals surface area (Å²) in [5.41, 5.74) is 6.76. The van der Waals surface area contributed by atoms with Crippen LogP contribution in [0, 0.1) is 0 Å². The molecule has 0 spiro atoms. The number of hydrogen-bond donors (Lipinski definition) is 2. The van der Waals surface area contributed by atoms with Crippen LogP contribution in [0.25, 0.3) is 0 Å². The highest BCUT2D eigenvalue weighted by Crippen LogP contribution is 2.16. The number of nitrogens with two attached hydrogens (primary N) is 1. The van der Waals surface area contributed by atoms with Gasteiger partial charge >= 0.3 is 0 Å². The Morgan fingerprint density at radius 1 is 1.33 bits per heavy atom. The van der Waals surface area contributed by atoms with E-state index in [1.165, 1.54) is 5.56 Å². The van der Waals surface area contributed by atoms with E-state index in [1.807, 2.05) is 12.1 Å². The van der Waals surface area contributed by atoms with Crippen LogP contribution in [0.4, 0.5) is 0 Å². The van der Waals surface area contributed by atoms with Gasteiger partial charge in [0.25, 0.3) is 0 Å². The van der Waals surface area contributed by atoms with Crippen LogP contribution in [-0.4, -0.2) is 25.7 Å². The summed E-state index contributed by atoms with van der Waals surface area (Å²) in [5.74, 6) is 0.962. The van der Waals surface area contributed by atoms with Crippen molar-refractivity contribution in [1.29, 1.82) is 0 Å². The molecular weight excluding hydrogens is 188 g/mol. The Balaban J connectivity index is 1.91. The summed E-state index contributed by atoms with van der Waals surface area (Å²) in [5, 5.41) is 3.28. The molecule has 1 atom stereocenters. The van der Waals surface area contributed by atoms with E-state index in [0.29, 0.717) is 12.6 Å². The van der Waals surface area contributed by atoms with E-state index in [2.05, 4.69) is 17.4 Å². The molecule has 0 aliphatic carbocycles. The summed E-state index contributed by atoms with van der Waals surface area (Å²) in [6, 6.07) is 8.24. The predicted molar refractivity (Wildman–Crippen MR) is 61.1 cm³/mol. The lowest BCUT2D eigenvalue weighted by Gasteiger charge is -2.12. The molecule has 1 aliphatic rings. The van der Waals surface area contributed by atoms with Gasteiger partial charge in [0, 0.05) is 6.54 Å². The van der Waals surface area contributed by atoms with Crippen LogP contribution in [0.5, 0.6) is 5.75 Å². The Morgan fingerprint density at radius 3 is 2.73 bits per heavy atom. The quantitative estimate of drug-likeness (QED) is 0.770. The van der Waals surface area contributed by atoms with Gasteiger partial charge < -0.3 is 15.8 Å². The van der Waals surface area contributed by atoms with Crippen LogP contribution in [0.15, 0.2) is 24.3 Å². The van der Waals surface area contributed by atoms with Gasteiger partial charge in [0.15, 0.2) is 0 Å². The van der Waals surface area contributed by atoms with Crippen LogP contribution in [-0.2, 0) is 6.42 Å². The molecule has 3 N–H and O–H groups in total. The van der Waals surface area contributed by atoms with Crippen LogP contribution >= 0.6 is 0 Å². The van der Waals surface area contributed by atoms with E-state index < -0.39 is 0 Å². The average molecular weight is 206 g/mol. The van der Waals surface area contributed by atoms with Gasteiger partial charge in [-0.2, -0.15) is 0 Å². The van der Waals surface area contributed by atoms with Gasteiger partial charge in [-0.05, 0) is 43.6 Å². The van der Waals surface area contributed by atoms with Gasteiger partial charge in [0.05, 0.1) is 0 Å². The highest BCUT2D eigenvalue weighted by atomic mass is 16.5. The number of benzene rings is 1. The molecule has 1 aromatic carbocycles. The van der Waals surface area contributed by atoms with E-state index in [9.17, 15) is 0 Å². The molecule has 1 heterocycles. The second kappa shape index (κ2) is 5.14. The van der Waals surface area contributed by atoms with Crippen LogP contribution in [0.2, 0.25) is 0 Å². The van der Waals surface area contributed by atoms with Crippen molar-refractivity contribution in [2.24, 2.45) is 5.73 Å². The Labute approximate surface area is 90.6 Å². The molecule has 0 unspecified atom stereocenters. The van der Waals surface area contributed by atoms with Crippen molar-refractivity contribution in [3.63, 3.8) is 0 Å². The first-order valence-corrected chi connectivity index (χ1v) is 5.55. The Bertz CT molecular complexity index is 291. The smallest absolute Gasteiger partial charge is 0.119 e. The van der Waals surface area contributed by atoms with Crippen molar-refractivity contribution < 1.29 is 4.74 Å². The van der Waals surface area contributed by atoms with Crippen LogP contribution in [0.1, 0.15) is 12.0 Å². The molecule has 1 fully saturated rings. The van der Waals surface area contributed by atoms with Crippen molar-refractivity contribution in [3.05, 3.63) is 29.8 Å². The number of ether oxygens (including phenoxy) is 1. The van der Waals surface area contributed by atoms with Crippen molar-refractivity contribution >= 4 is 0 Å². The predicted octanol–water partition coefficient (Wildman–Crippen LogP) is 0.928. The molecule has 1 saturated heterocycles. The Kier molecular flexibility index (Phi) is 3.59. The topological polar surface area (TPSA) is 47.3 Å². The summed E-state index contributed by atoms with van der Waals surface area (Å²) in [4.78, 5) is 0. The maximum atomic E-state index is 5.81. The zero-order valence-corrected chi connectivity index (χ0v) is 8.91. The normalized spacial score (nSPS) is 20.5. The van der Waals surface area contributed by atoms with Crippen molar-refractivity contribution in [2.75, 3.05) is 19.6 Å². The van der Waals surface area contributed by atoms with Gasteiger partial charge in [0.1, 0.15) is 11.9 Å². The molecule has 0 bridgehead atoms. The van der Waals surface area contributed by atoms with Gasteiger partial charge in [-0.3, -0.25) is 0 Å². The lowest BCUT2D eigenvalue weighted by atomic mass is 10.1. The molecule has 3 heteroatoms. The number of hydrogen-bond acceptors (Lipinski definition) is 3. The fraction of sp³-hybridized carbons (Fsp3) is 0.500. The molecule has 82 valence electrons. The highest BCUT2D eigenvalue weighted by molar-refractivity contribution is 5.27. The minimum absolute atomic E-state index is 0.338. The lowest BCUT2D eigenvalue weighted by Crippen LogP contribution is -2.19. The molecule has 1 aromatic rings. The van der Waals surface area contributed by atoms with Crippen LogP contribution < -0.4 is 15.8 Å². The first kappa shape index (κ1) is 10.5. The molecule has 0 aromatic heterocycles. The molecule has 0 saturated carbocycles. The standard InChI is InChI=1S/C12H18N2O/c13-7-5-10-1-3-11(4-2-10)15-12-6-8-14-9-12/h1-4,12,14H,5-9,13H2/t12-/m0/s1. The summed E-state index contributed by atoms with van der Waals surface area (Å²) < 4.78 is 5.81. The van der Waals surface area contributed by atoms with Gasteiger partial charge in [-0.25, -0.2) is 0 Å². The molecule has 2 rings (SSSR count). The summed E-state index contributed by atoms with van der Waals surface area (Å²) in [7, 11) is 0. The van der Waals surface area contributed by atoms with Crippen molar-refractivity contribution in [1.82, 2.24) is 5.32 Å². The highest BCUT2D eigenvalue weighted by Gasteiger charge is 2.15. The fourth-order valence-electron chi connectivity index (χ4n) is 1.82. The third kappa shape index (κ3) is 2.94. The molecule has 3 nitrogen and oxygen atoms in total. The minimum Gasteiger partial charge on any atom is -0.489 e. The SMILES string of the molecule is NCCc1ccc(O[C@H]2CCNC2)cc1. The Hall–Kier alpha value is -1.06. The number of rotatable bonds is 4. The molecule has 0 amide bonds. The monoisotopic (exact) mass is 206 g/mol. The van der Waals surface area contributed by atoms with Gasteiger partial charge in [-0.15, -0.1) is 0 Å². The summed E-state index contributed by atoms with van der Waals surface area (Å²) >= 11 is 0. The van der Waals surface area contributed by atoms with E-state index in [-0.39, 0.29) is 0 Å². The maximum Gasteiger partial charge on any atom is 0.119 e. The zero-order chi connectivity index (χ0) is 10.5. The maximum absolute atomic E-state index is 5.81. The largest absolute Gasteiger partial charge is 0.489 e. The van der Waals surface area contributed by atoms with Crippen molar-refractivity contribution in [3.8, 4) is 5.75 Å². The van der Waals surface area contributed by atoms with E-state index in [4.69, 9.17) is 10.5 Å². The summed E-state index contributed by atoms with van der Waals surface area (Å²) in [6.45, 7) is 2.73. The zero-order valence-electron chi connectivity index (χ0n) is 8.91. The fourth-order valence-corrected chi connectivity index (χ4v) is 1.82. The first-order chi connectivity index (χ1) is 7.38. The third-order valence-corrected chi connectivity index (χ3v) is 2.67. The van der Waals surface area contributed by atoms with E-state index >= 15 is 0 Å². The van der Waals surface area contributed by atoms with Crippen LogP contribution in [0.3, 0.4) is 0 Å². The lowest BCUT2D eigenvalue weighted by molar-refractivity contribution is 0.223. The van der Waals surface area contributed by atoms with E-state index in [0.717, 1.165) is 31.7 Å². The van der Waals surface area contributed by atoms with Gasteiger partial charge in [-0.1, -0.05) is 12.1 Å². The molecular formula is C12H18N2O. The minimum atomic E-state index is 0.338. The second-order valence-electron chi connectivity index (χ2n) is 3.92. The average Bonchev–Trinajstić information content (AvgIpc) is 2.74. The first-order valence-electron chi connectivity index (χ1n) is 5.55. The molecule has 1 aliphatic heterocycles. The number of nitrogens with one attached hydrogen (secondary N) is 1.